The molecule has 0 aromatic heterocycles. The van der Waals surface area contributed by atoms with E-state index in [1.807, 2.05) is 25.2 Å². The van der Waals surface area contributed by atoms with Gasteiger partial charge in [0, 0.05) is 11.6 Å². The van der Waals surface area contributed by atoms with Crippen molar-refractivity contribution in [1.29, 1.82) is 0 Å². The van der Waals surface area contributed by atoms with Gasteiger partial charge in [-0.15, -0.1) is 0 Å². The minimum Gasteiger partial charge on any atom is -0.497 e. The predicted molar refractivity (Wildman–Crippen MR) is 75.8 cm³/mol. The Kier molecular flexibility index (Phi) is 4.93. The first-order valence-corrected chi connectivity index (χ1v) is 6.79. The molecule has 19 heavy (non-hydrogen) atoms. The molecule has 1 aromatic rings. The molecule has 0 unspecified atom stereocenters. The number of likely N-dealkylation sites (N-methyl/N-ethyl adjacent to an activating group) is 1. The van der Waals surface area contributed by atoms with Crippen molar-refractivity contribution >= 4 is 5.78 Å². The fraction of sp³-hybridized carbons (Fsp3) is 0.533. The quantitative estimate of drug-likeness (QED) is 0.818. The van der Waals surface area contributed by atoms with Crippen molar-refractivity contribution < 1.29 is 9.53 Å². The second-order valence-corrected chi connectivity index (χ2v) is 5.05. The van der Waals surface area contributed by atoms with E-state index >= 15 is 0 Å². The lowest BCUT2D eigenvalue weighted by Gasteiger charge is -2.31. The fourth-order valence-corrected chi connectivity index (χ4v) is 2.49. The Labute approximate surface area is 114 Å². The maximum absolute atomic E-state index is 12.3. The average molecular weight is 262 g/mol. The summed E-state index contributed by atoms with van der Waals surface area (Å²) in [6, 6.07) is 7.87. The number of ether oxygens (including phenoxy) is 1. The van der Waals surface area contributed by atoms with Crippen LogP contribution in [0.1, 0.15) is 23.2 Å². The molecule has 1 aliphatic heterocycles. The van der Waals surface area contributed by atoms with Crippen LogP contribution in [0.2, 0.25) is 0 Å². The van der Waals surface area contributed by atoms with Gasteiger partial charge in [0.15, 0.2) is 5.78 Å². The first-order valence-electron chi connectivity index (χ1n) is 6.79. The number of hydrogen-bond acceptors (Lipinski definition) is 4. The summed E-state index contributed by atoms with van der Waals surface area (Å²) in [7, 11) is 3.65. The Morgan fingerprint density at radius 2 is 2.16 bits per heavy atom. The molecule has 104 valence electrons. The van der Waals surface area contributed by atoms with E-state index in [9.17, 15) is 4.79 Å². The standard InChI is InChI=1S/C15H22N2O2/c1-17(13-6-8-16-9-7-13)11-15(18)12-4-3-5-14(10-12)19-2/h3-5,10,13,16H,6-9,11H2,1-2H3. The van der Waals surface area contributed by atoms with Crippen LogP contribution < -0.4 is 10.1 Å². The summed E-state index contributed by atoms with van der Waals surface area (Å²) in [4.78, 5) is 14.4. The Bertz CT molecular complexity index is 428. The summed E-state index contributed by atoms with van der Waals surface area (Å²) in [5.41, 5.74) is 0.722. The maximum atomic E-state index is 12.3. The van der Waals surface area contributed by atoms with Crippen molar-refractivity contribution in [2.45, 2.75) is 18.9 Å². The molecule has 1 aromatic carbocycles. The summed E-state index contributed by atoms with van der Waals surface area (Å²) in [6.07, 6.45) is 2.23. The van der Waals surface area contributed by atoms with Gasteiger partial charge in [0.1, 0.15) is 5.75 Å². The van der Waals surface area contributed by atoms with E-state index in [0.717, 1.165) is 37.2 Å². The third kappa shape index (κ3) is 3.78. The summed E-state index contributed by atoms with van der Waals surface area (Å²) in [5, 5.41) is 3.34. The average Bonchev–Trinajstić information content (AvgIpc) is 2.48. The van der Waals surface area contributed by atoms with Gasteiger partial charge in [-0.2, -0.15) is 0 Å². The van der Waals surface area contributed by atoms with Crippen LogP contribution in [-0.4, -0.2) is 50.5 Å². The van der Waals surface area contributed by atoms with E-state index in [0.29, 0.717) is 12.6 Å². The molecule has 1 saturated heterocycles. The molecule has 0 amide bonds. The first-order chi connectivity index (χ1) is 9.20. The highest BCUT2D eigenvalue weighted by Crippen LogP contribution is 2.15. The van der Waals surface area contributed by atoms with Crippen LogP contribution in [0.5, 0.6) is 5.75 Å². The Morgan fingerprint density at radius 1 is 1.42 bits per heavy atom. The Balaban J connectivity index is 1.95. The number of carbonyl (C=O) groups excluding carboxylic acids is 1. The highest BCUT2D eigenvalue weighted by Gasteiger charge is 2.20. The zero-order chi connectivity index (χ0) is 13.7. The molecule has 0 atom stereocenters. The minimum atomic E-state index is 0.153. The predicted octanol–water partition coefficient (Wildman–Crippen LogP) is 1.56. The molecule has 0 spiro atoms. The van der Waals surface area contributed by atoms with Crippen molar-refractivity contribution in [3.63, 3.8) is 0 Å². The molecule has 0 radical (unpaired) electrons. The largest absolute Gasteiger partial charge is 0.497 e. The van der Waals surface area contributed by atoms with Crippen LogP contribution >= 0.6 is 0 Å². The van der Waals surface area contributed by atoms with Gasteiger partial charge in [0.05, 0.1) is 13.7 Å². The normalized spacial score (nSPS) is 16.6. The van der Waals surface area contributed by atoms with Gasteiger partial charge in [0.25, 0.3) is 0 Å². The topological polar surface area (TPSA) is 41.6 Å². The van der Waals surface area contributed by atoms with Crippen molar-refractivity contribution in [2.75, 3.05) is 33.8 Å². The summed E-state index contributed by atoms with van der Waals surface area (Å²) < 4.78 is 5.15. The molecule has 1 heterocycles. The first kappa shape index (κ1) is 14.0. The van der Waals surface area contributed by atoms with Gasteiger partial charge in [-0.1, -0.05) is 12.1 Å². The van der Waals surface area contributed by atoms with Crippen LogP contribution in [-0.2, 0) is 0 Å². The number of benzene rings is 1. The number of rotatable bonds is 5. The van der Waals surface area contributed by atoms with Gasteiger partial charge in [-0.25, -0.2) is 0 Å². The van der Waals surface area contributed by atoms with Gasteiger partial charge in [-0.3, -0.25) is 9.69 Å². The van der Waals surface area contributed by atoms with Gasteiger partial charge < -0.3 is 10.1 Å². The molecule has 2 rings (SSSR count). The van der Waals surface area contributed by atoms with E-state index in [1.54, 1.807) is 13.2 Å². The highest BCUT2D eigenvalue weighted by atomic mass is 16.5. The number of carbonyl (C=O) groups is 1. The number of methoxy groups -OCH3 is 1. The van der Waals surface area contributed by atoms with Gasteiger partial charge in [0.2, 0.25) is 0 Å². The van der Waals surface area contributed by atoms with Gasteiger partial charge >= 0.3 is 0 Å². The van der Waals surface area contributed by atoms with E-state index in [-0.39, 0.29) is 5.78 Å². The Hall–Kier alpha value is -1.39. The molecule has 1 N–H and O–H groups in total. The Morgan fingerprint density at radius 3 is 2.84 bits per heavy atom. The van der Waals surface area contributed by atoms with Crippen molar-refractivity contribution in [3.8, 4) is 5.75 Å². The zero-order valence-corrected chi connectivity index (χ0v) is 11.7. The molecule has 0 bridgehead atoms. The van der Waals surface area contributed by atoms with Crippen LogP contribution in [0, 0.1) is 0 Å². The SMILES string of the molecule is COc1cccc(C(=O)CN(C)C2CCNCC2)c1. The number of Topliss-reactive ketones (excluding diaryl/α,β-unsaturated/α-hetero) is 1. The molecular formula is C15H22N2O2. The number of hydrogen-bond donors (Lipinski definition) is 1. The van der Waals surface area contributed by atoms with E-state index in [2.05, 4.69) is 10.2 Å². The number of ketones is 1. The van der Waals surface area contributed by atoms with Crippen LogP contribution in [0.25, 0.3) is 0 Å². The van der Waals surface area contributed by atoms with Crippen molar-refractivity contribution in [3.05, 3.63) is 29.8 Å². The molecule has 4 nitrogen and oxygen atoms in total. The third-order valence-electron chi connectivity index (χ3n) is 3.72. The van der Waals surface area contributed by atoms with Crippen LogP contribution in [0.15, 0.2) is 24.3 Å². The zero-order valence-electron chi connectivity index (χ0n) is 11.7. The fourth-order valence-electron chi connectivity index (χ4n) is 2.49. The second-order valence-electron chi connectivity index (χ2n) is 5.05. The second kappa shape index (κ2) is 6.68. The number of piperidine rings is 1. The molecule has 0 saturated carbocycles. The molecule has 1 aliphatic rings. The summed E-state index contributed by atoms with van der Waals surface area (Å²) in [5.74, 6) is 0.885. The van der Waals surface area contributed by atoms with Crippen molar-refractivity contribution in [1.82, 2.24) is 10.2 Å². The molecular weight excluding hydrogens is 240 g/mol. The lowest BCUT2D eigenvalue weighted by Crippen LogP contribution is -2.43. The van der Waals surface area contributed by atoms with E-state index in [1.165, 1.54) is 0 Å². The molecule has 4 heteroatoms. The summed E-state index contributed by atoms with van der Waals surface area (Å²) in [6.45, 7) is 2.56. The minimum absolute atomic E-state index is 0.153. The lowest BCUT2D eigenvalue weighted by molar-refractivity contribution is 0.0903. The van der Waals surface area contributed by atoms with E-state index < -0.39 is 0 Å². The van der Waals surface area contributed by atoms with E-state index in [4.69, 9.17) is 4.74 Å². The number of nitrogens with zero attached hydrogens (tertiary/aromatic N) is 1. The smallest absolute Gasteiger partial charge is 0.176 e. The number of nitrogens with one attached hydrogen (secondary N) is 1. The highest BCUT2D eigenvalue weighted by molar-refractivity contribution is 5.97. The van der Waals surface area contributed by atoms with Crippen LogP contribution in [0.3, 0.4) is 0 Å². The molecule has 0 aliphatic carbocycles. The monoisotopic (exact) mass is 262 g/mol. The van der Waals surface area contributed by atoms with Crippen LogP contribution in [0.4, 0.5) is 0 Å². The molecule has 1 fully saturated rings. The maximum Gasteiger partial charge on any atom is 0.176 e. The summed E-state index contributed by atoms with van der Waals surface area (Å²) >= 11 is 0. The third-order valence-corrected chi connectivity index (χ3v) is 3.72. The van der Waals surface area contributed by atoms with Gasteiger partial charge in [-0.05, 0) is 45.1 Å². The lowest BCUT2D eigenvalue weighted by atomic mass is 10.0. The van der Waals surface area contributed by atoms with Crippen molar-refractivity contribution in [2.24, 2.45) is 0 Å².